The van der Waals surface area contributed by atoms with Crippen LogP contribution in [0.4, 0.5) is 13.2 Å². The van der Waals surface area contributed by atoms with Gasteiger partial charge in [-0.25, -0.2) is 0 Å². The Morgan fingerprint density at radius 2 is 1.59 bits per heavy atom. The van der Waals surface area contributed by atoms with Crippen molar-refractivity contribution in [2.75, 3.05) is 39.3 Å². The molecule has 0 spiro atoms. The molecule has 0 amide bonds. The third-order valence-corrected chi connectivity index (χ3v) is 6.53. The van der Waals surface area contributed by atoms with Crippen molar-refractivity contribution in [3.05, 3.63) is 65.0 Å². The van der Waals surface area contributed by atoms with Crippen LogP contribution in [0.3, 0.4) is 0 Å². The van der Waals surface area contributed by atoms with Gasteiger partial charge in [0.2, 0.25) is 0 Å². The van der Waals surface area contributed by atoms with E-state index < -0.39 is 11.9 Å². The van der Waals surface area contributed by atoms with E-state index in [4.69, 9.17) is 0 Å². The number of hydrogen-bond donors (Lipinski definition) is 0. The molecule has 1 aromatic carbocycles. The summed E-state index contributed by atoms with van der Waals surface area (Å²) in [5.74, 6) is 0. The summed E-state index contributed by atoms with van der Waals surface area (Å²) in [6.45, 7) is 7.41. The van der Waals surface area contributed by atoms with E-state index in [1.165, 1.54) is 12.3 Å². The van der Waals surface area contributed by atoms with E-state index in [-0.39, 0.29) is 0 Å². The third kappa shape index (κ3) is 5.66. The Hall–Kier alpha value is -2.47. The van der Waals surface area contributed by atoms with Gasteiger partial charge in [0, 0.05) is 51.5 Å². The van der Waals surface area contributed by atoms with Gasteiger partial charge in [-0.2, -0.15) is 18.4 Å². The smallest absolute Gasteiger partial charge is 0.299 e. The number of halogens is 3. The predicted molar refractivity (Wildman–Crippen MR) is 116 cm³/mol. The number of rotatable bonds is 5. The fourth-order valence-corrected chi connectivity index (χ4v) is 4.68. The van der Waals surface area contributed by atoms with Crippen molar-refractivity contribution >= 4 is 0 Å². The molecule has 2 aliphatic rings. The monoisotopic (exact) mass is 443 g/mol. The molecule has 3 heterocycles. The molecular formula is C24H28F3N5. The van der Waals surface area contributed by atoms with Crippen LogP contribution in [0, 0.1) is 11.3 Å². The number of likely N-dealkylation sites (tertiary alicyclic amines) is 1. The molecule has 0 atom stereocenters. The summed E-state index contributed by atoms with van der Waals surface area (Å²) in [4.78, 5) is 10.9. The van der Waals surface area contributed by atoms with Gasteiger partial charge in [-0.1, -0.05) is 24.3 Å². The number of piperazine rings is 1. The Labute approximate surface area is 187 Å². The Morgan fingerprint density at radius 3 is 2.22 bits per heavy atom. The molecule has 0 radical (unpaired) electrons. The van der Waals surface area contributed by atoms with Crippen molar-refractivity contribution in [3.63, 3.8) is 0 Å². The third-order valence-electron chi connectivity index (χ3n) is 6.53. The van der Waals surface area contributed by atoms with Gasteiger partial charge in [-0.05, 0) is 49.2 Å². The van der Waals surface area contributed by atoms with E-state index in [1.54, 1.807) is 0 Å². The first kappa shape index (κ1) is 22.7. The highest BCUT2D eigenvalue weighted by atomic mass is 19.4. The molecule has 2 aliphatic heterocycles. The number of nitrogens with zero attached hydrogens (tertiary/aromatic N) is 5. The zero-order chi connectivity index (χ0) is 22.6. The summed E-state index contributed by atoms with van der Waals surface area (Å²) < 4.78 is 38.0. The van der Waals surface area contributed by atoms with E-state index in [9.17, 15) is 18.4 Å². The maximum Gasteiger partial charge on any atom is 0.433 e. The molecule has 2 aromatic rings. The molecule has 2 saturated heterocycles. The standard InChI is InChI=1S/C24H28F3N5/c25-24(26,27)23-6-5-19(16-29-23)17-30-9-7-22(8-10-30)32-13-11-31(12-14-32)18-21-4-2-1-3-20(21)15-28/h1-6,16,22H,7-14,17-18H2. The van der Waals surface area contributed by atoms with Gasteiger partial charge in [-0.15, -0.1) is 0 Å². The average molecular weight is 444 g/mol. The lowest BCUT2D eigenvalue weighted by Crippen LogP contribution is -2.52. The van der Waals surface area contributed by atoms with Crippen LogP contribution >= 0.6 is 0 Å². The first-order valence-corrected chi connectivity index (χ1v) is 11.1. The van der Waals surface area contributed by atoms with Crippen LogP contribution in [0.15, 0.2) is 42.6 Å². The van der Waals surface area contributed by atoms with Crippen LogP contribution in [0.25, 0.3) is 0 Å². The minimum absolute atomic E-state index is 0.561. The van der Waals surface area contributed by atoms with Crippen LogP contribution < -0.4 is 0 Å². The minimum atomic E-state index is -4.39. The number of pyridine rings is 1. The quantitative estimate of drug-likeness (QED) is 0.704. The van der Waals surface area contributed by atoms with E-state index in [2.05, 4.69) is 25.8 Å². The van der Waals surface area contributed by atoms with Crippen LogP contribution in [0.5, 0.6) is 0 Å². The number of piperidine rings is 1. The van der Waals surface area contributed by atoms with Crippen LogP contribution in [-0.2, 0) is 19.3 Å². The Balaban J connectivity index is 1.21. The number of alkyl halides is 3. The number of benzene rings is 1. The van der Waals surface area contributed by atoms with Crippen molar-refractivity contribution in [3.8, 4) is 6.07 Å². The Kier molecular flexibility index (Phi) is 7.09. The van der Waals surface area contributed by atoms with Crippen molar-refractivity contribution < 1.29 is 13.2 Å². The van der Waals surface area contributed by atoms with Gasteiger partial charge in [-0.3, -0.25) is 19.7 Å². The largest absolute Gasteiger partial charge is 0.433 e. The average Bonchev–Trinajstić information content (AvgIpc) is 2.80. The van der Waals surface area contributed by atoms with E-state index in [0.29, 0.717) is 12.6 Å². The summed E-state index contributed by atoms with van der Waals surface area (Å²) in [7, 11) is 0. The molecule has 170 valence electrons. The van der Waals surface area contributed by atoms with Gasteiger partial charge in [0.1, 0.15) is 5.69 Å². The normalized spacial score (nSPS) is 19.7. The second-order valence-electron chi connectivity index (χ2n) is 8.64. The maximum absolute atomic E-state index is 12.7. The molecule has 0 aliphatic carbocycles. The molecule has 8 heteroatoms. The SMILES string of the molecule is N#Cc1ccccc1CN1CCN(C2CCN(Cc3ccc(C(F)(F)F)nc3)CC2)CC1. The Morgan fingerprint density at radius 1 is 0.906 bits per heavy atom. The highest BCUT2D eigenvalue weighted by molar-refractivity contribution is 5.37. The summed E-state index contributed by atoms with van der Waals surface area (Å²) in [5, 5.41) is 9.29. The maximum atomic E-state index is 12.7. The Bertz CT molecular complexity index is 922. The first-order chi connectivity index (χ1) is 15.4. The summed E-state index contributed by atoms with van der Waals surface area (Å²) in [6, 6.07) is 13.2. The van der Waals surface area contributed by atoms with Crippen LogP contribution in [0.1, 0.15) is 35.2 Å². The molecule has 4 rings (SSSR count). The zero-order valence-electron chi connectivity index (χ0n) is 18.1. The van der Waals surface area contributed by atoms with E-state index >= 15 is 0 Å². The number of nitriles is 1. The van der Waals surface area contributed by atoms with Crippen molar-refractivity contribution in [1.82, 2.24) is 19.7 Å². The van der Waals surface area contributed by atoms with Crippen molar-refractivity contribution in [2.45, 2.75) is 38.1 Å². The second-order valence-corrected chi connectivity index (χ2v) is 8.64. The molecule has 1 aromatic heterocycles. The highest BCUT2D eigenvalue weighted by Gasteiger charge is 2.32. The lowest BCUT2D eigenvalue weighted by atomic mass is 10.0. The van der Waals surface area contributed by atoms with Gasteiger partial charge in [0.05, 0.1) is 11.6 Å². The molecule has 0 unspecified atom stereocenters. The van der Waals surface area contributed by atoms with Gasteiger partial charge >= 0.3 is 6.18 Å². The molecule has 5 nitrogen and oxygen atoms in total. The van der Waals surface area contributed by atoms with Crippen LogP contribution in [0.2, 0.25) is 0 Å². The summed E-state index contributed by atoms with van der Waals surface area (Å²) in [5.41, 5.74) is 1.83. The highest BCUT2D eigenvalue weighted by Crippen LogP contribution is 2.27. The lowest BCUT2D eigenvalue weighted by molar-refractivity contribution is -0.141. The number of aromatic nitrogens is 1. The zero-order valence-corrected chi connectivity index (χ0v) is 18.1. The topological polar surface area (TPSA) is 46.4 Å². The molecule has 0 saturated carbocycles. The molecule has 0 bridgehead atoms. The fraction of sp³-hybridized carbons (Fsp3) is 0.500. The fourth-order valence-electron chi connectivity index (χ4n) is 4.68. The molecule has 32 heavy (non-hydrogen) atoms. The van der Waals surface area contributed by atoms with Crippen LogP contribution in [-0.4, -0.2) is 65.0 Å². The van der Waals surface area contributed by atoms with Gasteiger partial charge < -0.3 is 0 Å². The predicted octanol–water partition coefficient (Wildman–Crippen LogP) is 3.75. The first-order valence-electron chi connectivity index (χ1n) is 11.1. The minimum Gasteiger partial charge on any atom is -0.299 e. The molecule has 2 fully saturated rings. The number of hydrogen-bond acceptors (Lipinski definition) is 5. The second kappa shape index (κ2) is 9.99. The molecule has 0 N–H and O–H groups in total. The van der Waals surface area contributed by atoms with E-state index in [1.807, 2.05) is 24.3 Å². The summed E-state index contributed by atoms with van der Waals surface area (Å²) >= 11 is 0. The van der Waals surface area contributed by atoms with Gasteiger partial charge in [0.15, 0.2) is 0 Å². The van der Waals surface area contributed by atoms with Gasteiger partial charge in [0.25, 0.3) is 0 Å². The van der Waals surface area contributed by atoms with E-state index in [0.717, 1.165) is 81.4 Å². The van der Waals surface area contributed by atoms with Crippen molar-refractivity contribution in [1.29, 1.82) is 5.26 Å². The lowest BCUT2D eigenvalue weighted by Gasteiger charge is -2.43. The molecular weight excluding hydrogens is 415 g/mol. The summed E-state index contributed by atoms with van der Waals surface area (Å²) in [6.07, 6.45) is -0.894. The van der Waals surface area contributed by atoms with Crippen molar-refractivity contribution in [2.24, 2.45) is 0 Å².